The lowest BCUT2D eigenvalue weighted by Gasteiger charge is -2.58. The molecule has 3 heterocycles. The Morgan fingerprint density at radius 3 is 2.59 bits per heavy atom. The molecule has 208 valence electrons. The van der Waals surface area contributed by atoms with Gasteiger partial charge in [0, 0.05) is 18.3 Å². The van der Waals surface area contributed by atoms with E-state index in [0.29, 0.717) is 12.1 Å². The number of aromatic nitrogens is 1. The number of aliphatic hydroxyl groups is 3. The van der Waals surface area contributed by atoms with Gasteiger partial charge in [0.25, 0.3) is 0 Å². The van der Waals surface area contributed by atoms with Crippen LogP contribution in [-0.4, -0.2) is 99.5 Å². The molecule has 37 heavy (non-hydrogen) atoms. The fourth-order valence-electron chi connectivity index (χ4n) is 5.42. The second-order valence-corrected chi connectivity index (χ2v) is 11.8. The number of hydrogen-bond donors (Lipinski definition) is 6. The molecule has 1 aliphatic carbocycles. The van der Waals surface area contributed by atoms with Crippen LogP contribution >= 0.6 is 7.60 Å². The predicted molar refractivity (Wildman–Crippen MR) is 129 cm³/mol. The average Bonchev–Trinajstić information content (AvgIpc) is 2.80. The Morgan fingerprint density at radius 1 is 1.27 bits per heavy atom. The number of pyridine rings is 1. The number of likely N-dealkylation sites (N-methyl/N-ethyl adjacent to an activating group) is 1. The minimum Gasteiger partial charge on any atom is -0.423 e. The van der Waals surface area contributed by atoms with E-state index in [-0.39, 0.29) is 18.6 Å². The number of ether oxygens (including phenoxy) is 3. The minimum absolute atomic E-state index is 0.0939. The van der Waals surface area contributed by atoms with Gasteiger partial charge in [-0.2, -0.15) is 0 Å². The predicted octanol–water partition coefficient (Wildman–Crippen LogP) is -0.740. The molecule has 13 nitrogen and oxygen atoms in total. The highest BCUT2D eigenvalue weighted by atomic mass is 31.2. The van der Waals surface area contributed by atoms with Crippen molar-refractivity contribution in [1.82, 2.24) is 15.6 Å². The van der Waals surface area contributed by atoms with Crippen molar-refractivity contribution in [3.63, 3.8) is 0 Å². The summed E-state index contributed by atoms with van der Waals surface area (Å²) in [5, 5.41) is 39.1. The third-order valence-corrected chi connectivity index (χ3v) is 7.73. The van der Waals surface area contributed by atoms with E-state index in [4.69, 9.17) is 18.7 Å². The Hall–Kier alpha value is -1.67. The van der Waals surface area contributed by atoms with E-state index >= 15 is 0 Å². The third kappa shape index (κ3) is 5.85. The van der Waals surface area contributed by atoms with E-state index in [1.807, 2.05) is 6.92 Å². The van der Waals surface area contributed by atoms with Gasteiger partial charge in [-0.1, -0.05) is 6.92 Å². The van der Waals surface area contributed by atoms with Gasteiger partial charge in [-0.05, 0) is 38.9 Å². The highest BCUT2D eigenvalue weighted by Gasteiger charge is 2.63. The summed E-state index contributed by atoms with van der Waals surface area (Å²) in [4.78, 5) is 26.3. The number of carbonyl (C=O) groups is 1. The molecule has 4 rings (SSSR count). The summed E-state index contributed by atoms with van der Waals surface area (Å²) in [6, 6.07) is 1.36. The monoisotopic (exact) mass is 545 g/mol. The lowest BCUT2D eigenvalue weighted by Crippen LogP contribution is -2.77. The van der Waals surface area contributed by atoms with Crippen LogP contribution in [0.3, 0.4) is 0 Å². The van der Waals surface area contributed by atoms with Crippen molar-refractivity contribution in [1.29, 1.82) is 0 Å². The molecule has 2 saturated heterocycles. The van der Waals surface area contributed by atoms with Crippen LogP contribution < -0.4 is 15.2 Å². The van der Waals surface area contributed by atoms with Crippen molar-refractivity contribution >= 4 is 13.5 Å². The van der Waals surface area contributed by atoms with Crippen LogP contribution in [0, 0.1) is 5.92 Å². The van der Waals surface area contributed by atoms with Crippen molar-refractivity contribution in [2.45, 2.75) is 87.8 Å². The largest absolute Gasteiger partial charge is 0.423 e. The molecule has 2 aliphatic heterocycles. The first-order valence-electron chi connectivity index (χ1n) is 12.3. The summed E-state index contributed by atoms with van der Waals surface area (Å²) in [7, 11) is -2.08. The molecule has 1 saturated carbocycles. The molecule has 1 amide bonds. The van der Waals surface area contributed by atoms with Gasteiger partial charge < -0.3 is 49.6 Å². The van der Waals surface area contributed by atoms with Crippen molar-refractivity contribution in [3.05, 3.63) is 24.0 Å². The smallest absolute Gasteiger partial charge is 0.373 e. The van der Waals surface area contributed by atoms with E-state index in [2.05, 4.69) is 15.6 Å². The number of hydrogen-bond acceptors (Lipinski definition) is 11. The van der Waals surface area contributed by atoms with Gasteiger partial charge in [-0.3, -0.25) is 9.78 Å². The topological polar surface area (TPSA) is 189 Å². The van der Waals surface area contributed by atoms with Gasteiger partial charge in [0.05, 0.1) is 43.0 Å². The number of nitrogens with zero attached hydrogens (tertiary/aromatic N) is 1. The number of aliphatic hydroxyl groups excluding tert-OH is 2. The maximum Gasteiger partial charge on any atom is 0.373 e. The summed E-state index contributed by atoms with van der Waals surface area (Å²) in [6.45, 7) is 4.68. The van der Waals surface area contributed by atoms with Crippen LogP contribution in [0.5, 0.6) is 5.75 Å². The SMILES string of the molecule is CC[C@@H]1[C@H](O)[C@H](NC)[C@H]2O[C@]3(O)[C@H](O[C@@H]2[C@H]1O)O[C@H](C)C[C@H]3NC(=O)Cc1ccc(OP(C)(=O)O)cn1. The molecule has 1 aromatic rings. The Bertz CT molecular complexity index is 1010. The molecule has 3 aliphatic rings. The maximum absolute atomic E-state index is 12.9. The fourth-order valence-corrected chi connectivity index (χ4v) is 5.91. The van der Waals surface area contributed by atoms with Gasteiger partial charge in [0.1, 0.15) is 18.0 Å². The zero-order valence-electron chi connectivity index (χ0n) is 21.2. The first-order valence-corrected chi connectivity index (χ1v) is 14.4. The van der Waals surface area contributed by atoms with Crippen LogP contribution in [0.25, 0.3) is 0 Å². The molecule has 11 atom stereocenters. The van der Waals surface area contributed by atoms with Crippen LogP contribution in [0.15, 0.2) is 18.3 Å². The molecular weight excluding hydrogens is 509 g/mol. The molecule has 0 aromatic carbocycles. The van der Waals surface area contributed by atoms with E-state index in [0.717, 1.165) is 6.66 Å². The van der Waals surface area contributed by atoms with Crippen molar-refractivity contribution in [2.24, 2.45) is 5.92 Å². The summed E-state index contributed by atoms with van der Waals surface area (Å²) in [5.41, 5.74) is 0.373. The van der Waals surface area contributed by atoms with Gasteiger partial charge in [-0.15, -0.1) is 0 Å². The Morgan fingerprint density at radius 2 is 2.00 bits per heavy atom. The lowest BCUT2D eigenvalue weighted by molar-refractivity contribution is -0.450. The average molecular weight is 546 g/mol. The molecule has 0 bridgehead atoms. The Labute approximate surface area is 215 Å². The normalized spacial score (nSPS) is 41.1. The Balaban J connectivity index is 1.49. The summed E-state index contributed by atoms with van der Waals surface area (Å²) < 4.78 is 34.3. The standard InChI is InChI=1S/C23H36N3O10P/c1-5-14-18(28)17(24-3)20-21(19(14)29)34-22-23(30,35-20)15(8-11(2)33-22)26-16(27)9-12-6-7-13(10-25-12)36-37(4,31)32/h6-7,10-11,14-15,17-22,24,28-30H,5,8-9H2,1-4H3,(H,26,27)(H,31,32)/t11-,14-,15-,17+,18+,19+,20-,21-,22+,23+/m1/s1. The van der Waals surface area contributed by atoms with E-state index in [1.165, 1.54) is 18.3 Å². The summed E-state index contributed by atoms with van der Waals surface area (Å²) >= 11 is 0. The fraction of sp³-hybridized carbons (Fsp3) is 0.739. The first-order chi connectivity index (χ1) is 17.4. The van der Waals surface area contributed by atoms with Crippen molar-refractivity contribution in [2.75, 3.05) is 13.7 Å². The second-order valence-electron chi connectivity index (χ2n) is 9.99. The van der Waals surface area contributed by atoms with E-state index in [1.54, 1.807) is 14.0 Å². The number of nitrogens with one attached hydrogen (secondary N) is 2. The number of amides is 1. The molecular formula is C23H36N3O10P. The van der Waals surface area contributed by atoms with Crippen LogP contribution in [0.2, 0.25) is 0 Å². The van der Waals surface area contributed by atoms with Crippen LogP contribution in [0.4, 0.5) is 0 Å². The molecule has 3 fully saturated rings. The zero-order valence-corrected chi connectivity index (χ0v) is 22.1. The van der Waals surface area contributed by atoms with Crippen molar-refractivity contribution in [3.8, 4) is 5.75 Å². The van der Waals surface area contributed by atoms with Gasteiger partial charge in [0.2, 0.25) is 18.0 Å². The van der Waals surface area contributed by atoms with E-state index < -0.39 is 74.1 Å². The van der Waals surface area contributed by atoms with Crippen LogP contribution in [0.1, 0.15) is 32.4 Å². The number of fused-ring (bicyclic) bond motifs is 2. The zero-order chi connectivity index (χ0) is 27.1. The quantitative estimate of drug-likeness (QED) is 0.236. The first kappa shape index (κ1) is 28.3. The summed E-state index contributed by atoms with van der Waals surface area (Å²) in [5.74, 6) is -2.90. The van der Waals surface area contributed by atoms with Gasteiger partial charge in [0.15, 0.2) is 0 Å². The molecule has 0 spiro atoms. The van der Waals surface area contributed by atoms with Crippen molar-refractivity contribution < 1.29 is 48.3 Å². The minimum atomic E-state index is -3.73. The molecule has 1 aromatic heterocycles. The highest BCUT2D eigenvalue weighted by Crippen LogP contribution is 2.43. The van der Waals surface area contributed by atoms with E-state index in [9.17, 15) is 29.6 Å². The number of rotatable bonds is 7. The van der Waals surface area contributed by atoms with Gasteiger partial charge in [-0.25, -0.2) is 4.57 Å². The molecule has 6 N–H and O–H groups in total. The lowest BCUT2D eigenvalue weighted by atomic mass is 9.74. The molecule has 0 radical (unpaired) electrons. The van der Waals surface area contributed by atoms with Gasteiger partial charge >= 0.3 is 7.60 Å². The molecule has 14 heteroatoms. The highest BCUT2D eigenvalue weighted by molar-refractivity contribution is 7.52. The number of carbonyl (C=O) groups excluding carboxylic acids is 1. The summed E-state index contributed by atoms with van der Waals surface area (Å²) in [6.07, 6.45) is -3.61. The maximum atomic E-state index is 12.9. The molecule has 1 unspecified atom stereocenters. The van der Waals surface area contributed by atoms with Crippen LogP contribution in [-0.2, 0) is 30.0 Å². The Kier molecular flexibility index (Phi) is 8.30. The third-order valence-electron chi connectivity index (χ3n) is 7.18. The second kappa shape index (κ2) is 10.8.